The summed E-state index contributed by atoms with van der Waals surface area (Å²) in [5.74, 6) is 0.989. The fourth-order valence-electron chi connectivity index (χ4n) is 2.13. The molecule has 1 atom stereocenters. The van der Waals surface area contributed by atoms with Crippen LogP contribution in [-0.2, 0) is 6.54 Å². The highest BCUT2D eigenvalue weighted by atomic mass is 32.2. The Morgan fingerprint density at radius 2 is 2.05 bits per heavy atom. The van der Waals surface area contributed by atoms with Crippen LogP contribution in [0.3, 0.4) is 0 Å². The van der Waals surface area contributed by atoms with Gasteiger partial charge in [0.15, 0.2) is 0 Å². The number of hydrogen-bond acceptors (Lipinski definition) is 4. The summed E-state index contributed by atoms with van der Waals surface area (Å²) in [6, 6.07) is 7.44. The molecule has 1 aromatic heterocycles. The zero-order chi connectivity index (χ0) is 13.8. The molecule has 1 aromatic carbocycles. The van der Waals surface area contributed by atoms with Gasteiger partial charge in [0.2, 0.25) is 0 Å². The molecule has 0 saturated heterocycles. The monoisotopic (exact) mass is 277 g/mol. The summed E-state index contributed by atoms with van der Waals surface area (Å²) < 4.78 is 1.50. The average molecular weight is 277 g/mol. The lowest BCUT2D eigenvalue weighted by Crippen LogP contribution is -2.26. The molecule has 19 heavy (non-hydrogen) atoms. The molecule has 5 heteroatoms. The molecule has 1 unspecified atom stereocenters. The molecule has 0 saturated carbocycles. The lowest BCUT2D eigenvalue weighted by molar-refractivity contribution is 0.575. The topological polar surface area (TPSA) is 60.9 Å². The van der Waals surface area contributed by atoms with Gasteiger partial charge in [0.05, 0.1) is 17.1 Å². The summed E-state index contributed by atoms with van der Waals surface area (Å²) >= 11 is 1.77. The Hall–Kier alpha value is -1.33. The summed E-state index contributed by atoms with van der Waals surface area (Å²) in [7, 11) is 0. The zero-order valence-electron chi connectivity index (χ0n) is 11.3. The summed E-state index contributed by atoms with van der Waals surface area (Å²) in [4.78, 5) is 12.2. The maximum Gasteiger partial charge on any atom is 0.274 e. The molecule has 2 aromatic rings. The van der Waals surface area contributed by atoms with Gasteiger partial charge in [-0.1, -0.05) is 18.2 Å². The van der Waals surface area contributed by atoms with E-state index in [0.717, 1.165) is 23.3 Å². The molecule has 0 aliphatic rings. The Balaban J connectivity index is 2.59. The molecule has 0 radical (unpaired) electrons. The molecule has 1 heterocycles. The number of aromatic nitrogens is 2. The SMILES string of the molecule is CCn1nc(C(N)CCSC)c2ccccc2c1=O. The van der Waals surface area contributed by atoms with E-state index in [4.69, 9.17) is 5.73 Å². The van der Waals surface area contributed by atoms with Gasteiger partial charge >= 0.3 is 0 Å². The summed E-state index contributed by atoms with van der Waals surface area (Å²) in [6.45, 7) is 2.48. The van der Waals surface area contributed by atoms with E-state index in [0.29, 0.717) is 11.9 Å². The summed E-state index contributed by atoms with van der Waals surface area (Å²) in [5.41, 5.74) is 7.01. The highest BCUT2D eigenvalue weighted by Crippen LogP contribution is 2.21. The second-order valence-corrected chi connectivity index (χ2v) is 5.43. The van der Waals surface area contributed by atoms with Crippen LogP contribution in [0.15, 0.2) is 29.1 Å². The van der Waals surface area contributed by atoms with Gasteiger partial charge in [0, 0.05) is 11.9 Å². The number of nitrogens with two attached hydrogens (primary N) is 1. The van der Waals surface area contributed by atoms with Crippen molar-refractivity contribution < 1.29 is 0 Å². The zero-order valence-corrected chi connectivity index (χ0v) is 12.1. The first kappa shape index (κ1) is 14.1. The number of fused-ring (bicyclic) bond motifs is 1. The van der Waals surface area contributed by atoms with Crippen molar-refractivity contribution in [2.45, 2.75) is 25.9 Å². The van der Waals surface area contributed by atoms with Crippen LogP contribution in [0.5, 0.6) is 0 Å². The Bertz CT molecular complexity index is 624. The van der Waals surface area contributed by atoms with E-state index in [1.807, 2.05) is 31.2 Å². The van der Waals surface area contributed by atoms with Crippen molar-refractivity contribution in [3.8, 4) is 0 Å². The minimum Gasteiger partial charge on any atom is -0.323 e. The maximum atomic E-state index is 12.2. The molecule has 0 aliphatic carbocycles. The molecule has 102 valence electrons. The van der Waals surface area contributed by atoms with Crippen LogP contribution in [0.25, 0.3) is 10.8 Å². The average Bonchev–Trinajstić information content (AvgIpc) is 2.45. The third-order valence-corrected chi connectivity index (χ3v) is 3.82. The van der Waals surface area contributed by atoms with Crippen LogP contribution >= 0.6 is 11.8 Å². The third-order valence-electron chi connectivity index (χ3n) is 3.18. The number of benzene rings is 1. The van der Waals surface area contributed by atoms with Gasteiger partial charge in [-0.05, 0) is 31.4 Å². The molecule has 0 bridgehead atoms. The lowest BCUT2D eigenvalue weighted by atomic mass is 10.0. The maximum absolute atomic E-state index is 12.2. The smallest absolute Gasteiger partial charge is 0.274 e. The van der Waals surface area contributed by atoms with Crippen molar-refractivity contribution in [2.75, 3.05) is 12.0 Å². The van der Waals surface area contributed by atoms with Gasteiger partial charge in [-0.15, -0.1) is 0 Å². The van der Waals surface area contributed by atoms with E-state index < -0.39 is 0 Å². The van der Waals surface area contributed by atoms with E-state index in [2.05, 4.69) is 11.4 Å². The molecule has 0 fully saturated rings. The fraction of sp³-hybridized carbons (Fsp3) is 0.429. The molecule has 2 N–H and O–H groups in total. The van der Waals surface area contributed by atoms with Crippen LogP contribution in [0.4, 0.5) is 0 Å². The highest BCUT2D eigenvalue weighted by Gasteiger charge is 2.15. The van der Waals surface area contributed by atoms with Gasteiger partial charge in [0.1, 0.15) is 0 Å². The van der Waals surface area contributed by atoms with Gasteiger partial charge in [0.25, 0.3) is 5.56 Å². The summed E-state index contributed by atoms with van der Waals surface area (Å²) in [5, 5.41) is 6.02. The number of rotatable bonds is 5. The largest absolute Gasteiger partial charge is 0.323 e. The third kappa shape index (κ3) is 2.82. The van der Waals surface area contributed by atoms with Gasteiger partial charge in [-0.2, -0.15) is 16.9 Å². The molecule has 4 nitrogen and oxygen atoms in total. The standard InChI is InChI=1S/C14H19N3OS/c1-3-17-14(18)11-7-5-4-6-10(11)13(16-17)12(15)8-9-19-2/h4-7,12H,3,8-9,15H2,1-2H3. The number of hydrogen-bond donors (Lipinski definition) is 1. The van der Waals surface area contributed by atoms with Gasteiger partial charge in [-0.25, -0.2) is 4.68 Å². The normalized spacial score (nSPS) is 12.8. The van der Waals surface area contributed by atoms with Crippen molar-refractivity contribution in [2.24, 2.45) is 5.73 Å². The van der Waals surface area contributed by atoms with Gasteiger partial charge in [-0.3, -0.25) is 4.79 Å². The number of nitrogens with zero attached hydrogens (tertiary/aromatic N) is 2. The lowest BCUT2D eigenvalue weighted by Gasteiger charge is -2.15. The first-order valence-corrected chi connectivity index (χ1v) is 7.82. The Morgan fingerprint density at radius 1 is 1.37 bits per heavy atom. The Labute approximate surface area is 117 Å². The second-order valence-electron chi connectivity index (χ2n) is 4.44. The summed E-state index contributed by atoms with van der Waals surface area (Å²) in [6.07, 6.45) is 2.92. The predicted molar refractivity (Wildman–Crippen MR) is 81.6 cm³/mol. The van der Waals surface area contributed by atoms with E-state index >= 15 is 0 Å². The fourth-order valence-corrected chi connectivity index (χ4v) is 2.62. The first-order chi connectivity index (χ1) is 9.19. The van der Waals surface area contributed by atoms with Crippen molar-refractivity contribution >= 4 is 22.5 Å². The van der Waals surface area contributed by atoms with Crippen LogP contribution in [-0.4, -0.2) is 21.8 Å². The van der Waals surface area contributed by atoms with E-state index in [1.54, 1.807) is 11.8 Å². The minimum atomic E-state index is -0.129. The predicted octanol–water partition coefficient (Wildman–Crippen LogP) is 2.17. The molecule has 0 amide bonds. The van der Waals surface area contributed by atoms with E-state index in [1.165, 1.54) is 4.68 Å². The van der Waals surface area contributed by atoms with Crippen molar-refractivity contribution in [3.63, 3.8) is 0 Å². The molecule has 0 spiro atoms. The van der Waals surface area contributed by atoms with Crippen LogP contribution < -0.4 is 11.3 Å². The molecule has 2 rings (SSSR count). The van der Waals surface area contributed by atoms with Crippen LogP contribution in [0, 0.1) is 0 Å². The minimum absolute atomic E-state index is 0.0427. The van der Waals surface area contributed by atoms with Crippen molar-refractivity contribution in [3.05, 3.63) is 40.3 Å². The van der Waals surface area contributed by atoms with Crippen LogP contribution in [0.2, 0.25) is 0 Å². The van der Waals surface area contributed by atoms with Crippen molar-refractivity contribution in [1.82, 2.24) is 9.78 Å². The number of thioether (sulfide) groups is 1. The van der Waals surface area contributed by atoms with Crippen molar-refractivity contribution in [1.29, 1.82) is 0 Å². The molecular weight excluding hydrogens is 258 g/mol. The highest BCUT2D eigenvalue weighted by molar-refractivity contribution is 7.98. The van der Waals surface area contributed by atoms with E-state index in [9.17, 15) is 4.79 Å². The van der Waals surface area contributed by atoms with E-state index in [-0.39, 0.29) is 11.6 Å². The van der Waals surface area contributed by atoms with Crippen LogP contribution in [0.1, 0.15) is 25.1 Å². The molecule has 0 aliphatic heterocycles. The number of aryl methyl sites for hydroxylation is 1. The van der Waals surface area contributed by atoms with Gasteiger partial charge < -0.3 is 5.73 Å². The quantitative estimate of drug-likeness (QED) is 0.910. The Kier molecular flexibility index (Phi) is 4.61. The second kappa shape index (κ2) is 6.21. The first-order valence-electron chi connectivity index (χ1n) is 6.43. The molecular formula is C14H19N3OS. The Morgan fingerprint density at radius 3 is 2.68 bits per heavy atom.